The van der Waals surface area contributed by atoms with Gasteiger partial charge in [-0.1, -0.05) is 151 Å². The SMILES string of the molecule is c1ccc(-c2ccc3oc4ccc(-c5ccc6c(c5)Sc5ccc(-c7cccc8c7C(c7ccccc7)c7ccccc7C8)cc5S6)cc4c3c2)cc1. The highest BCUT2D eigenvalue weighted by molar-refractivity contribution is 8.05. The van der Waals surface area contributed by atoms with Gasteiger partial charge in [0.15, 0.2) is 0 Å². The first kappa shape index (κ1) is 30.8. The quantitative estimate of drug-likeness (QED) is 0.180. The molecule has 11 rings (SSSR count). The number of hydrogen-bond donors (Lipinski definition) is 0. The Hall–Kier alpha value is -5.74. The molecule has 0 radical (unpaired) electrons. The minimum absolute atomic E-state index is 0.203. The summed E-state index contributed by atoms with van der Waals surface area (Å²) in [7, 11) is 0. The molecule has 2 heterocycles. The molecule has 8 aromatic carbocycles. The zero-order chi connectivity index (χ0) is 34.9. The Balaban J connectivity index is 0.935. The zero-order valence-corrected chi connectivity index (χ0v) is 30.4. The third-order valence-electron chi connectivity index (χ3n) is 10.9. The van der Waals surface area contributed by atoms with E-state index in [0.717, 1.165) is 28.4 Å². The summed E-state index contributed by atoms with van der Waals surface area (Å²) in [5.74, 6) is 0.203. The maximum Gasteiger partial charge on any atom is 0.135 e. The van der Waals surface area contributed by atoms with Crippen LogP contribution in [0.1, 0.15) is 33.7 Å². The average Bonchev–Trinajstić information content (AvgIpc) is 3.59. The van der Waals surface area contributed by atoms with E-state index in [1.807, 2.05) is 23.5 Å². The van der Waals surface area contributed by atoms with Crippen LogP contribution >= 0.6 is 23.5 Å². The van der Waals surface area contributed by atoms with Crippen molar-refractivity contribution in [1.29, 1.82) is 0 Å². The number of furan rings is 1. The van der Waals surface area contributed by atoms with Crippen LogP contribution in [-0.4, -0.2) is 0 Å². The van der Waals surface area contributed by atoms with Crippen molar-refractivity contribution in [3.8, 4) is 33.4 Å². The molecule has 1 aliphatic heterocycles. The Kier molecular flexibility index (Phi) is 7.24. The lowest BCUT2D eigenvalue weighted by Crippen LogP contribution is -2.16. The van der Waals surface area contributed by atoms with Crippen molar-refractivity contribution in [3.05, 3.63) is 204 Å². The van der Waals surface area contributed by atoms with E-state index in [-0.39, 0.29) is 5.92 Å². The van der Waals surface area contributed by atoms with Gasteiger partial charge in [-0.05, 0) is 116 Å². The lowest BCUT2D eigenvalue weighted by molar-refractivity contribution is 0.669. The molecule has 1 aromatic heterocycles. The summed E-state index contributed by atoms with van der Waals surface area (Å²) in [4.78, 5) is 5.23. The highest BCUT2D eigenvalue weighted by Crippen LogP contribution is 2.52. The molecule has 0 saturated carbocycles. The van der Waals surface area contributed by atoms with Gasteiger partial charge in [0.05, 0.1) is 0 Å². The van der Waals surface area contributed by atoms with Gasteiger partial charge >= 0.3 is 0 Å². The van der Waals surface area contributed by atoms with Crippen LogP contribution in [0.4, 0.5) is 0 Å². The fourth-order valence-electron chi connectivity index (χ4n) is 8.38. The van der Waals surface area contributed by atoms with E-state index in [1.54, 1.807) is 0 Å². The van der Waals surface area contributed by atoms with Gasteiger partial charge in [0.2, 0.25) is 0 Å². The first-order valence-electron chi connectivity index (χ1n) is 18.1. The largest absolute Gasteiger partial charge is 0.456 e. The second-order valence-corrected chi connectivity index (χ2v) is 16.2. The van der Waals surface area contributed by atoms with E-state index in [0.29, 0.717) is 0 Å². The Bertz CT molecular complexity index is 2870. The number of rotatable bonds is 4. The van der Waals surface area contributed by atoms with E-state index in [4.69, 9.17) is 4.42 Å². The molecule has 1 nitrogen and oxygen atoms in total. The number of fused-ring (bicyclic) bond motifs is 7. The molecule has 1 atom stereocenters. The van der Waals surface area contributed by atoms with Gasteiger partial charge < -0.3 is 4.42 Å². The summed E-state index contributed by atoms with van der Waals surface area (Å²) in [6.45, 7) is 0. The van der Waals surface area contributed by atoms with Gasteiger partial charge in [-0.15, -0.1) is 0 Å². The van der Waals surface area contributed by atoms with Crippen LogP contribution in [0.5, 0.6) is 0 Å². The molecule has 1 aliphatic carbocycles. The molecule has 2 aliphatic rings. The maximum absolute atomic E-state index is 6.27. The van der Waals surface area contributed by atoms with Crippen LogP contribution in [0.25, 0.3) is 55.3 Å². The second kappa shape index (κ2) is 12.4. The van der Waals surface area contributed by atoms with Gasteiger partial charge in [-0.25, -0.2) is 0 Å². The monoisotopic (exact) mass is 712 g/mol. The normalized spacial score (nSPS) is 14.4. The van der Waals surface area contributed by atoms with E-state index in [9.17, 15) is 0 Å². The average molecular weight is 713 g/mol. The molecule has 0 N–H and O–H groups in total. The summed E-state index contributed by atoms with van der Waals surface area (Å²) >= 11 is 3.77. The van der Waals surface area contributed by atoms with E-state index >= 15 is 0 Å². The predicted octanol–water partition coefficient (Wildman–Crippen LogP) is 14.3. The number of benzene rings is 8. The summed E-state index contributed by atoms with van der Waals surface area (Å²) < 4.78 is 6.27. The Morgan fingerprint density at radius 1 is 0.415 bits per heavy atom. The van der Waals surface area contributed by atoms with Crippen LogP contribution in [0, 0.1) is 0 Å². The molecule has 3 heteroatoms. The van der Waals surface area contributed by atoms with Crippen LogP contribution in [-0.2, 0) is 6.42 Å². The van der Waals surface area contributed by atoms with Gasteiger partial charge in [0.1, 0.15) is 11.2 Å². The summed E-state index contributed by atoms with van der Waals surface area (Å²) in [6.07, 6.45) is 0.965. The molecule has 9 aromatic rings. The van der Waals surface area contributed by atoms with Crippen molar-refractivity contribution >= 4 is 45.5 Å². The van der Waals surface area contributed by atoms with Crippen molar-refractivity contribution in [3.63, 3.8) is 0 Å². The summed E-state index contributed by atoms with van der Waals surface area (Å²) in [6, 6.07) is 64.6. The molecular formula is C50H32OS2. The van der Waals surface area contributed by atoms with Crippen LogP contribution in [0.2, 0.25) is 0 Å². The summed E-state index contributed by atoms with van der Waals surface area (Å²) in [5, 5.41) is 2.30. The smallest absolute Gasteiger partial charge is 0.135 e. The number of hydrogen-bond acceptors (Lipinski definition) is 3. The molecule has 0 fully saturated rings. The first-order chi connectivity index (χ1) is 26.2. The van der Waals surface area contributed by atoms with Crippen molar-refractivity contribution in [2.45, 2.75) is 31.9 Å². The second-order valence-electron chi connectivity index (χ2n) is 14.0. The van der Waals surface area contributed by atoms with Crippen LogP contribution < -0.4 is 0 Å². The third-order valence-corrected chi connectivity index (χ3v) is 13.4. The van der Waals surface area contributed by atoms with Crippen molar-refractivity contribution in [1.82, 2.24) is 0 Å². The third kappa shape index (κ3) is 5.26. The molecule has 0 spiro atoms. The Morgan fingerprint density at radius 3 is 1.72 bits per heavy atom. The highest BCUT2D eigenvalue weighted by atomic mass is 32.2. The van der Waals surface area contributed by atoms with E-state index in [2.05, 4.69) is 176 Å². The molecule has 250 valence electrons. The van der Waals surface area contributed by atoms with E-state index in [1.165, 1.54) is 80.8 Å². The van der Waals surface area contributed by atoms with Crippen molar-refractivity contribution in [2.75, 3.05) is 0 Å². The fraction of sp³-hybridized carbons (Fsp3) is 0.0400. The topological polar surface area (TPSA) is 13.1 Å². The summed E-state index contributed by atoms with van der Waals surface area (Å²) in [5.41, 5.74) is 16.3. The molecule has 0 saturated heterocycles. The molecule has 0 amide bonds. The standard InChI is InChI=1S/C50H32OS2/c1-3-10-31(11-4-1)33-18-22-43-41(27-33)42-28-34(19-23-44(42)51-43)35-20-24-45-47(29-35)52-46-25-21-37(30-48(46)53-45)40-17-9-15-38-26-36-14-7-8-16-39(36)49(50(38)40)32-12-5-2-6-13-32/h1-25,27-30,49H,26H2. The molecule has 0 bridgehead atoms. The highest BCUT2D eigenvalue weighted by Gasteiger charge is 2.30. The lowest BCUT2D eigenvalue weighted by Gasteiger charge is -2.31. The van der Waals surface area contributed by atoms with Crippen molar-refractivity contribution < 1.29 is 4.42 Å². The molecule has 53 heavy (non-hydrogen) atoms. The van der Waals surface area contributed by atoms with Gasteiger partial charge in [-0.3, -0.25) is 0 Å². The fourth-order valence-corrected chi connectivity index (χ4v) is 10.7. The van der Waals surface area contributed by atoms with Gasteiger partial charge in [-0.2, -0.15) is 0 Å². The Morgan fingerprint density at radius 2 is 0.981 bits per heavy atom. The van der Waals surface area contributed by atoms with Crippen molar-refractivity contribution in [2.24, 2.45) is 0 Å². The molecular weight excluding hydrogens is 681 g/mol. The van der Waals surface area contributed by atoms with Gasteiger partial charge in [0.25, 0.3) is 0 Å². The van der Waals surface area contributed by atoms with Crippen LogP contribution in [0.15, 0.2) is 200 Å². The van der Waals surface area contributed by atoms with E-state index < -0.39 is 0 Å². The van der Waals surface area contributed by atoms with Gasteiger partial charge in [0, 0.05) is 36.3 Å². The minimum atomic E-state index is 0.203. The zero-order valence-electron chi connectivity index (χ0n) is 28.8. The maximum atomic E-state index is 6.27. The minimum Gasteiger partial charge on any atom is -0.456 e. The predicted molar refractivity (Wildman–Crippen MR) is 221 cm³/mol. The first-order valence-corrected chi connectivity index (χ1v) is 19.8. The molecule has 1 unspecified atom stereocenters. The van der Waals surface area contributed by atoms with Crippen LogP contribution in [0.3, 0.4) is 0 Å². The Labute approximate surface area is 317 Å². The lowest BCUT2D eigenvalue weighted by atomic mass is 9.72.